The summed E-state index contributed by atoms with van der Waals surface area (Å²) in [7, 11) is 0. The number of benzene rings is 2. The van der Waals surface area contributed by atoms with Gasteiger partial charge >= 0.3 is 0 Å². The average molecular weight is 399 g/mol. The Balaban J connectivity index is 1.52. The Hall–Kier alpha value is -1.46. The lowest BCUT2D eigenvalue weighted by atomic mass is 10.2. The highest BCUT2D eigenvalue weighted by atomic mass is 35.5. The smallest absolute Gasteiger partial charge is 0.238 e. The molecule has 2 N–H and O–H groups in total. The minimum Gasteiger partial charge on any atom is -0.381 e. The van der Waals surface area contributed by atoms with Gasteiger partial charge in [-0.05, 0) is 30.7 Å². The Morgan fingerprint density at radius 1 is 1.12 bits per heavy atom. The van der Waals surface area contributed by atoms with Crippen molar-refractivity contribution in [2.45, 2.75) is 12.5 Å². The van der Waals surface area contributed by atoms with Gasteiger partial charge in [0.15, 0.2) is 0 Å². The molecule has 1 amide bonds. The number of likely N-dealkylation sites (tertiary alicyclic amines) is 1. The maximum absolute atomic E-state index is 12.3. The van der Waals surface area contributed by atoms with E-state index < -0.39 is 0 Å². The zero-order chi connectivity index (χ0) is 17.8. The summed E-state index contributed by atoms with van der Waals surface area (Å²) in [4.78, 5) is 14.4. The molecule has 0 radical (unpaired) electrons. The fourth-order valence-corrected chi connectivity index (χ4v) is 3.82. The quantitative estimate of drug-likeness (QED) is 0.762. The van der Waals surface area contributed by atoms with E-state index in [-0.39, 0.29) is 5.91 Å². The Kier molecular flexibility index (Phi) is 6.07. The van der Waals surface area contributed by atoms with Gasteiger partial charge in [-0.2, -0.15) is 0 Å². The molecule has 1 aliphatic rings. The van der Waals surface area contributed by atoms with Crippen LogP contribution in [0.15, 0.2) is 42.5 Å². The number of carbonyl (C=O) groups excluding carboxylic acids is 1. The summed E-state index contributed by atoms with van der Waals surface area (Å²) in [5.74, 6) is -0.147. The lowest BCUT2D eigenvalue weighted by molar-refractivity contribution is -0.117. The van der Waals surface area contributed by atoms with E-state index in [1.165, 1.54) is 0 Å². The highest BCUT2D eigenvalue weighted by molar-refractivity contribution is 6.42. The van der Waals surface area contributed by atoms with Crippen molar-refractivity contribution in [2.75, 3.05) is 30.3 Å². The number of nitrogens with one attached hydrogen (secondary N) is 2. The van der Waals surface area contributed by atoms with Crippen LogP contribution in [0.5, 0.6) is 0 Å². The molecule has 0 saturated carbocycles. The summed E-state index contributed by atoms with van der Waals surface area (Å²) < 4.78 is 0. The van der Waals surface area contributed by atoms with Crippen LogP contribution in [0, 0.1) is 0 Å². The number of carbonyl (C=O) groups is 1. The van der Waals surface area contributed by atoms with Gasteiger partial charge in [-0.3, -0.25) is 9.69 Å². The molecule has 0 aliphatic carbocycles. The maximum Gasteiger partial charge on any atom is 0.238 e. The van der Waals surface area contributed by atoms with Crippen LogP contribution in [0.3, 0.4) is 0 Å². The summed E-state index contributed by atoms with van der Waals surface area (Å²) >= 11 is 18.1. The predicted octanol–water partition coefficient (Wildman–Crippen LogP) is 4.77. The molecule has 1 unspecified atom stereocenters. The van der Waals surface area contributed by atoms with Gasteiger partial charge in [-0.1, -0.05) is 53.0 Å². The zero-order valence-electron chi connectivity index (χ0n) is 13.4. The molecule has 7 heteroatoms. The van der Waals surface area contributed by atoms with Crippen molar-refractivity contribution in [2.24, 2.45) is 0 Å². The van der Waals surface area contributed by atoms with Crippen LogP contribution in [0.2, 0.25) is 15.1 Å². The summed E-state index contributed by atoms with van der Waals surface area (Å²) in [6.45, 7) is 1.96. The van der Waals surface area contributed by atoms with Crippen LogP contribution in [0.1, 0.15) is 6.42 Å². The number of rotatable bonds is 5. The van der Waals surface area contributed by atoms with Gasteiger partial charge in [-0.25, -0.2) is 0 Å². The standard InChI is InChI=1S/C18H18Cl3N3O/c19-12-8-15(20)18(16(21)9-12)23-17(25)11-24-7-6-14(10-24)22-13-4-2-1-3-5-13/h1-5,8-9,14,22H,6-7,10-11H2,(H,23,25). The number of amides is 1. The second-order valence-electron chi connectivity index (χ2n) is 6.02. The molecule has 132 valence electrons. The topological polar surface area (TPSA) is 44.4 Å². The highest BCUT2D eigenvalue weighted by Gasteiger charge is 2.24. The first kappa shape index (κ1) is 18.3. The van der Waals surface area contributed by atoms with E-state index in [0.717, 1.165) is 25.2 Å². The molecule has 1 saturated heterocycles. The maximum atomic E-state index is 12.3. The van der Waals surface area contributed by atoms with Crippen LogP contribution in [0.4, 0.5) is 11.4 Å². The van der Waals surface area contributed by atoms with Gasteiger partial charge in [0.25, 0.3) is 0 Å². The first-order chi connectivity index (χ1) is 12.0. The molecule has 25 heavy (non-hydrogen) atoms. The number of hydrogen-bond donors (Lipinski definition) is 2. The van der Waals surface area contributed by atoms with Gasteiger partial charge in [0.2, 0.25) is 5.91 Å². The predicted molar refractivity (Wildman–Crippen MR) is 105 cm³/mol. The third-order valence-corrected chi connectivity index (χ3v) is 4.87. The largest absolute Gasteiger partial charge is 0.381 e. The molecule has 0 spiro atoms. The molecular formula is C18H18Cl3N3O. The second-order valence-corrected chi connectivity index (χ2v) is 7.27. The molecule has 1 aliphatic heterocycles. The monoisotopic (exact) mass is 397 g/mol. The van der Waals surface area contributed by atoms with Crippen molar-refractivity contribution in [1.82, 2.24) is 4.90 Å². The van der Waals surface area contributed by atoms with E-state index >= 15 is 0 Å². The Morgan fingerprint density at radius 2 is 1.80 bits per heavy atom. The van der Waals surface area contributed by atoms with E-state index in [4.69, 9.17) is 34.8 Å². The fraction of sp³-hybridized carbons (Fsp3) is 0.278. The SMILES string of the molecule is O=C(CN1CCC(Nc2ccccc2)C1)Nc1c(Cl)cc(Cl)cc1Cl. The molecule has 1 atom stereocenters. The van der Waals surface area contributed by atoms with Crippen LogP contribution < -0.4 is 10.6 Å². The van der Waals surface area contributed by atoms with E-state index in [9.17, 15) is 4.79 Å². The van der Waals surface area contributed by atoms with Gasteiger partial charge in [0.1, 0.15) is 0 Å². The summed E-state index contributed by atoms with van der Waals surface area (Å²) in [5.41, 5.74) is 1.49. The Labute approximate surface area is 162 Å². The Bertz CT molecular complexity index is 731. The first-order valence-corrected chi connectivity index (χ1v) is 9.13. The van der Waals surface area contributed by atoms with Gasteiger partial charge in [0.05, 0.1) is 22.3 Å². The summed E-state index contributed by atoms with van der Waals surface area (Å²) in [6.07, 6.45) is 0.991. The molecule has 3 rings (SSSR count). The highest BCUT2D eigenvalue weighted by Crippen LogP contribution is 2.33. The van der Waals surface area contributed by atoms with Gasteiger partial charge in [0, 0.05) is 29.8 Å². The van der Waals surface area contributed by atoms with Crippen LogP contribution in [-0.4, -0.2) is 36.5 Å². The molecular weight excluding hydrogens is 381 g/mol. The van der Waals surface area contributed by atoms with E-state index in [2.05, 4.69) is 15.5 Å². The first-order valence-electron chi connectivity index (χ1n) is 7.99. The lowest BCUT2D eigenvalue weighted by Gasteiger charge is -2.17. The minimum absolute atomic E-state index is 0.147. The van der Waals surface area contributed by atoms with Crippen molar-refractivity contribution in [3.63, 3.8) is 0 Å². The molecule has 0 bridgehead atoms. The molecule has 2 aromatic rings. The molecule has 2 aromatic carbocycles. The van der Waals surface area contributed by atoms with Crippen molar-refractivity contribution >= 4 is 52.1 Å². The molecule has 0 aromatic heterocycles. The average Bonchev–Trinajstić information content (AvgIpc) is 2.98. The second kappa shape index (κ2) is 8.28. The third-order valence-electron chi connectivity index (χ3n) is 4.06. The number of hydrogen-bond acceptors (Lipinski definition) is 3. The minimum atomic E-state index is -0.147. The van der Waals surface area contributed by atoms with Crippen molar-refractivity contribution in [3.8, 4) is 0 Å². The van der Waals surface area contributed by atoms with Crippen molar-refractivity contribution in [3.05, 3.63) is 57.5 Å². The Morgan fingerprint density at radius 3 is 2.48 bits per heavy atom. The normalized spacial score (nSPS) is 17.5. The zero-order valence-corrected chi connectivity index (χ0v) is 15.7. The summed E-state index contributed by atoms with van der Waals surface area (Å²) in [6, 6.07) is 13.5. The number of anilines is 2. The van der Waals surface area contributed by atoms with Gasteiger partial charge in [-0.15, -0.1) is 0 Å². The van der Waals surface area contributed by atoms with E-state index in [1.807, 2.05) is 30.3 Å². The van der Waals surface area contributed by atoms with Crippen molar-refractivity contribution < 1.29 is 4.79 Å². The number of halogens is 3. The van der Waals surface area contributed by atoms with Crippen molar-refractivity contribution in [1.29, 1.82) is 0 Å². The van der Waals surface area contributed by atoms with E-state index in [1.54, 1.807) is 12.1 Å². The van der Waals surface area contributed by atoms with Crippen LogP contribution in [-0.2, 0) is 4.79 Å². The van der Waals surface area contributed by atoms with Gasteiger partial charge < -0.3 is 10.6 Å². The summed E-state index contributed by atoms with van der Waals surface area (Å²) in [5, 5.41) is 7.35. The fourth-order valence-electron chi connectivity index (χ4n) is 2.91. The lowest BCUT2D eigenvalue weighted by Crippen LogP contribution is -2.33. The molecule has 4 nitrogen and oxygen atoms in total. The number of para-hydroxylation sites is 1. The van der Waals surface area contributed by atoms with Crippen LogP contribution >= 0.6 is 34.8 Å². The van der Waals surface area contributed by atoms with Crippen LogP contribution in [0.25, 0.3) is 0 Å². The molecule has 1 heterocycles. The third kappa shape index (κ3) is 5.02. The number of nitrogens with zero attached hydrogens (tertiary/aromatic N) is 1. The van der Waals surface area contributed by atoms with E-state index in [0.29, 0.717) is 33.3 Å². The molecule has 1 fully saturated rings.